The molecule has 0 saturated heterocycles. The molecule has 1 aromatic carbocycles. The van der Waals surface area contributed by atoms with Crippen LogP contribution < -0.4 is 5.43 Å². The van der Waals surface area contributed by atoms with Crippen LogP contribution in [0.5, 0.6) is 0 Å². The fourth-order valence-corrected chi connectivity index (χ4v) is 3.64. The Hall–Kier alpha value is -3.41. The number of carbonyl (C=O) groups excluding carboxylic acids is 1. The monoisotopic (exact) mass is 432 g/mol. The van der Waals surface area contributed by atoms with E-state index >= 15 is 0 Å². The number of rotatable bonds is 3. The number of nitriles is 1. The summed E-state index contributed by atoms with van der Waals surface area (Å²) in [6, 6.07) is 7.58. The van der Waals surface area contributed by atoms with Crippen molar-refractivity contribution in [2.24, 2.45) is 10.9 Å². The number of halogens is 3. The molecule has 0 bridgehead atoms. The first-order valence-electron chi connectivity index (χ1n) is 9.46. The van der Waals surface area contributed by atoms with Crippen molar-refractivity contribution in [1.29, 1.82) is 5.26 Å². The molecular weight excluding hydrogens is 413 g/mol. The van der Waals surface area contributed by atoms with E-state index in [4.69, 9.17) is 9.15 Å². The van der Waals surface area contributed by atoms with E-state index in [2.05, 4.69) is 4.99 Å². The second-order valence-corrected chi connectivity index (χ2v) is 7.50. The second kappa shape index (κ2) is 8.02. The number of aryl methyl sites for hydroxylation is 1. The zero-order valence-corrected chi connectivity index (χ0v) is 17.2. The van der Waals surface area contributed by atoms with Crippen molar-refractivity contribution in [3.8, 4) is 6.07 Å². The van der Waals surface area contributed by atoms with E-state index < -0.39 is 41.4 Å². The van der Waals surface area contributed by atoms with Crippen LogP contribution in [0.25, 0.3) is 11.0 Å². The molecule has 0 spiro atoms. The summed E-state index contributed by atoms with van der Waals surface area (Å²) in [5.41, 5.74) is -2.57. The van der Waals surface area contributed by atoms with Crippen LogP contribution in [-0.4, -0.2) is 24.0 Å². The Bertz CT molecular complexity index is 1220. The molecule has 0 amide bonds. The predicted molar refractivity (Wildman–Crippen MR) is 106 cm³/mol. The number of para-hydroxylation sites is 1. The highest BCUT2D eigenvalue weighted by Crippen LogP contribution is 2.45. The van der Waals surface area contributed by atoms with Crippen molar-refractivity contribution < 1.29 is 27.1 Å². The third kappa shape index (κ3) is 4.10. The number of alkyl halides is 3. The fraction of sp³-hybridized carbons (Fsp3) is 0.364. The summed E-state index contributed by atoms with van der Waals surface area (Å²) in [7, 11) is 0. The number of benzene rings is 1. The molecule has 1 aliphatic heterocycles. The maximum absolute atomic E-state index is 13.9. The number of esters is 1. The molecule has 3 rings (SSSR count). The van der Waals surface area contributed by atoms with Crippen molar-refractivity contribution in [2.75, 3.05) is 0 Å². The number of allylic oxidation sites excluding steroid dienone is 1. The SMILES string of the molecule is CC1=NC(C(F)(F)F)=C(C(=O)OC(C)C)C(c2cccc3c(=O)cc(C)oc23)C1C#N. The van der Waals surface area contributed by atoms with Crippen molar-refractivity contribution in [3.63, 3.8) is 0 Å². The number of aliphatic imine (C=N–C) groups is 1. The molecule has 162 valence electrons. The van der Waals surface area contributed by atoms with Crippen molar-refractivity contribution in [2.45, 2.75) is 45.9 Å². The van der Waals surface area contributed by atoms with E-state index in [1.165, 1.54) is 52.0 Å². The Labute approximate surface area is 175 Å². The minimum atomic E-state index is -4.97. The third-order valence-electron chi connectivity index (χ3n) is 4.85. The minimum Gasteiger partial charge on any atom is -0.461 e. The van der Waals surface area contributed by atoms with Crippen LogP contribution in [0.15, 0.2) is 49.7 Å². The lowest BCUT2D eigenvalue weighted by Crippen LogP contribution is -2.34. The Morgan fingerprint density at radius 2 is 1.97 bits per heavy atom. The summed E-state index contributed by atoms with van der Waals surface area (Å²) in [4.78, 5) is 28.8. The van der Waals surface area contributed by atoms with E-state index in [1.807, 2.05) is 6.07 Å². The Morgan fingerprint density at radius 1 is 1.29 bits per heavy atom. The lowest BCUT2D eigenvalue weighted by molar-refractivity contribution is -0.144. The Kier molecular flexibility index (Phi) is 5.77. The number of nitrogens with zero attached hydrogens (tertiary/aromatic N) is 2. The highest BCUT2D eigenvalue weighted by Gasteiger charge is 2.48. The molecule has 2 atom stereocenters. The van der Waals surface area contributed by atoms with E-state index in [-0.39, 0.29) is 33.4 Å². The molecule has 2 aromatic rings. The van der Waals surface area contributed by atoms with Crippen molar-refractivity contribution >= 4 is 22.7 Å². The van der Waals surface area contributed by atoms with Crippen molar-refractivity contribution in [3.05, 3.63) is 57.1 Å². The van der Waals surface area contributed by atoms with Gasteiger partial charge in [-0.3, -0.25) is 9.79 Å². The van der Waals surface area contributed by atoms with Gasteiger partial charge in [0.15, 0.2) is 11.1 Å². The first-order chi connectivity index (χ1) is 14.5. The van der Waals surface area contributed by atoms with Gasteiger partial charge in [-0.1, -0.05) is 12.1 Å². The number of carbonyl (C=O) groups is 1. The van der Waals surface area contributed by atoms with Crippen LogP contribution in [-0.2, 0) is 9.53 Å². The Morgan fingerprint density at radius 3 is 2.55 bits per heavy atom. The summed E-state index contributed by atoms with van der Waals surface area (Å²) in [5.74, 6) is -3.57. The lowest BCUT2D eigenvalue weighted by Gasteiger charge is -2.31. The fourth-order valence-electron chi connectivity index (χ4n) is 3.64. The van der Waals surface area contributed by atoms with Gasteiger partial charge in [0.05, 0.1) is 29.1 Å². The first kappa shape index (κ1) is 22.3. The van der Waals surface area contributed by atoms with E-state index in [0.29, 0.717) is 0 Å². The molecular formula is C22H19F3N2O4. The maximum Gasteiger partial charge on any atom is 0.433 e. The van der Waals surface area contributed by atoms with Gasteiger partial charge in [0.25, 0.3) is 0 Å². The molecule has 0 fully saturated rings. The zero-order valence-electron chi connectivity index (χ0n) is 17.2. The smallest absolute Gasteiger partial charge is 0.433 e. The van der Waals surface area contributed by atoms with Gasteiger partial charge in [-0.15, -0.1) is 0 Å². The second-order valence-electron chi connectivity index (χ2n) is 7.50. The van der Waals surface area contributed by atoms with Crippen LogP contribution >= 0.6 is 0 Å². The van der Waals surface area contributed by atoms with Crippen LogP contribution in [0.1, 0.15) is 38.0 Å². The van der Waals surface area contributed by atoms with Gasteiger partial charge in [0, 0.05) is 23.3 Å². The molecule has 6 nitrogen and oxygen atoms in total. The molecule has 0 N–H and O–H groups in total. The topological polar surface area (TPSA) is 92.7 Å². The van der Waals surface area contributed by atoms with Gasteiger partial charge in [0.2, 0.25) is 0 Å². The van der Waals surface area contributed by atoms with Gasteiger partial charge in [0.1, 0.15) is 11.3 Å². The zero-order chi connectivity index (χ0) is 23.1. The van der Waals surface area contributed by atoms with Crippen LogP contribution in [0, 0.1) is 24.2 Å². The van der Waals surface area contributed by atoms with Crippen LogP contribution in [0.4, 0.5) is 13.2 Å². The number of hydrogen-bond acceptors (Lipinski definition) is 6. The van der Waals surface area contributed by atoms with E-state index in [0.717, 1.165) is 0 Å². The van der Waals surface area contributed by atoms with Gasteiger partial charge in [-0.25, -0.2) is 4.79 Å². The number of hydrogen-bond donors (Lipinski definition) is 0. The van der Waals surface area contributed by atoms with Crippen LogP contribution in [0.3, 0.4) is 0 Å². The highest BCUT2D eigenvalue weighted by molar-refractivity contribution is 6.00. The van der Waals surface area contributed by atoms with Gasteiger partial charge >= 0.3 is 12.1 Å². The average Bonchev–Trinajstić information content (AvgIpc) is 2.65. The molecule has 2 heterocycles. The molecule has 0 radical (unpaired) electrons. The average molecular weight is 432 g/mol. The standard InChI is InChI=1S/C22H19F3N2O4/c1-10(2)30-21(29)18-17(15(9-26)12(4)27-20(18)22(23,24)25)14-7-5-6-13-16(28)8-11(3)31-19(13)14/h5-8,10,15,17H,1-4H3. The maximum atomic E-state index is 13.9. The summed E-state index contributed by atoms with van der Waals surface area (Å²) < 4.78 is 52.5. The van der Waals surface area contributed by atoms with Gasteiger partial charge < -0.3 is 9.15 Å². The third-order valence-corrected chi connectivity index (χ3v) is 4.85. The van der Waals surface area contributed by atoms with Crippen LogP contribution in [0.2, 0.25) is 0 Å². The quantitative estimate of drug-likeness (QED) is 0.663. The summed E-state index contributed by atoms with van der Waals surface area (Å²) in [5, 5.41) is 9.90. The van der Waals surface area contributed by atoms with Gasteiger partial charge in [-0.05, 0) is 33.8 Å². The Balaban J connectivity index is 2.42. The lowest BCUT2D eigenvalue weighted by atomic mass is 9.75. The molecule has 31 heavy (non-hydrogen) atoms. The molecule has 0 saturated carbocycles. The summed E-state index contributed by atoms with van der Waals surface area (Å²) in [6.45, 7) is 5.82. The summed E-state index contributed by atoms with van der Waals surface area (Å²) in [6.07, 6.45) is -5.66. The molecule has 2 unspecified atom stereocenters. The minimum absolute atomic E-state index is 0.0174. The van der Waals surface area contributed by atoms with E-state index in [1.54, 1.807) is 0 Å². The molecule has 1 aromatic heterocycles. The van der Waals surface area contributed by atoms with Gasteiger partial charge in [-0.2, -0.15) is 18.4 Å². The number of fused-ring (bicyclic) bond motifs is 1. The predicted octanol–water partition coefficient (Wildman–Crippen LogP) is 4.57. The normalized spacial score (nSPS) is 19.4. The summed E-state index contributed by atoms with van der Waals surface area (Å²) >= 11 is 0. The highest BCUT2D eigenvalue weighted by atomic mass is 19.4. The molecule has 1 aliphatic rings. The number of ether oxygens (including phenoxy) is 1. The first-order valence-corrected chi connectivity index (χ1v) is 9.46. The largest absolute Gasteiger partial charge is 0.461 e. The van der Waals surface area contributed by atoms with E-state index in [9.17, 15) is 28.0 Å². The molecule has 9 heteroatoms. The van der Waals surface area contributed by atoms with Crippen molar-refractivity contribution in [1.82, 2.24) is 0 Å². The molecule has 0 aliphatic carbocycles.